The van der Waals surface area contributed by atoms with Gasteiger partial charge in [-0.3, -0.25) is 4.79 Å². The number of hydrogen-bond acceptors (Lipinski definition) is 2. The average Bonchev–Trinajstić information content (AvgIpc) is 2.36. The molecule has 6 heteroatoms. The molecule has 0 atom stereocenters. The second kappa shape index (κ2) is 7.17. The van der Waals surface area contributed by atoms with Crippen LogP contribution in [0.4, 0.5) is 24.5 Å². The Morgan fingerprint density at radius 1 is 1.25 bits per heavy atom. The van der Waals surface area contributed by atoms with E-state index in [-0.39, 0.29) is 17.3 Å². The fourth-order valence-corrected chi connectivity index (χ4v) is 1.82. The molecule has 1 rings (SSSR count). The summed E-state index contributed by atoms with van der Waals surface area (Å²) >= 11 is 0. The number of halogens is 3. The predicted octanol–water partition coefficient (Wildman–Crippen LogP) is 4.20. The first kappa shape index (κ1) is 16.3. The van der Waals surface area contributed by atoms with E-state index in [0.717, 1.165) is 37.8 Å². The van der Waals surface area contributed by atoms with Gasteiger partial charge < -0.3 is 11.1 Å². The molecule has 0 aliphatic heterocycles. The largest absolute Gasteiger partial charge is 0.418 e. The summed E-state index contributed by atoms with van der Waals surface area (Å²) in [6, 6.07) is 3.38. The molecule has 20 heavy (non-hydrogen) atoms. The summed E-state index contributed by atoms with van der Waals surface area (Å²) in [4.78, 5) is 11.6. The van der Waals surface area contributed by atoms with E-state index < -0.39 is 11.7 Å². The molecular weight excluding hydrogens is 269 g/mol. The predicted molar refractivity (Wildman–Crippen MR) is 73.2 cm³/mol. The second-order valence-electron chi connectivity index (χ2n) is 4.66. The molecule has 1 amide bonds. The number of amides is 1. The van der Waals surface area contributed by atoms with Gasteiger partial charge in [-0.05, 0) is 24.6 Å². The van der Waals surface area contributed by atoms with E-state index in [0.29, 0.717) is 6.42 Å². The molecule has 1 aromatic rings. The normalized spacial score (nSPS) is 11.4. The first-order valence-corrected chi connectivity index (χ1v) is 6.61. The summed E-state index contributed by atoms with van der Waals surface area (Å²) in [5, 5.41) is 2.46. The van der Waals surface area contributed by atoms with Crippen LogP contribution in [-0.2, 0) is 11.0 Å². The monoisotopic (exact) mass is 288 g/mol. The molecule has 0 aliphatic rings. The van der Waals surface area contributed by atoms with Crippen molar-refractivity contribution < 1.29 is 18.0 Å². The molecule has 0 radical (unpaired) electrons. The van der Waals surface area contributed by atoms with E-state index in [9.17, 15) is 18.0 Å². The van der Waals surface area contributed by atoms with Crippen molar-refractivity contribution in [2.45, 2.75) is 45.2 Å². The van der Waals surface area contributed by atoms with Crippen LogP contribution < -0.4 is 11.1 Å². The summed E-state index contributed by atoms with van der Waals surface area (Å²) in [5.74, 6) is -0.279. The Hall–Kier alpha value is -1.72. The summed E-state index contributed by atoms with van der Waals surface area (Å²) in [6.07, 6.45) is -0.417. The second-order valence-corrected chi connectivity index (χ2v) is 4.66. The maximum atomic E-state index is 12.7. The molecule has 0 aliphatic carbocycles. The van der Waals surface area contributed by atoms with Gasteiger partial charge in [0.25, 0.3) is 0 Å². The van der Waals surface area contributed by atoms with Crippen LogP contribution in [0.25, 0.3) is 0 Å². The van der Waals surface area contributed by atoms with Gasteiger partial charge in [-0.1, -0.05) is 26.2 Å². The molecule has 0 fully saturated rings. The highest BCUT2D eigenvalue weighted by atomic mass is 19.4. The Labute approximate surface area is 116 Å². The van der Waals surface area contributed by atoms with Gasteiger partial charge in [-0.2, -0.15) is 13.2 Å². The molecule has 0 aromatic heterocycles. The van der Waals surface area contributed by atoms with Crippen molar-refractivity contribution >= 4 is 17.3 Å². The standard InChI is InChI=1S/C14H19F3N2O/c1-2-3-4-5-6-13(20)19-10-7-8-12(18)11(9-10)14(15,16)17/h7-9H,2-6,18H2,1H3,(H,19,20). The van der Waals surface area contributed by atoms with E-state index in [4.69, 9.17) is 5.73 Å². The fraction of sp³-hybridized carbons (Fsp3) is 0.500. The number of anilines is 2. The van der Waals surface area contributed by atoms with Crippen LogP contribution in [0.2, 0.25) is 0 Å². The van der Waals surface area contributed by atoms with Crippen molar-refractivity contribution in [3.8, 4) is 0 Å². The fourth-order valence-electron chi connectivity index (χ4n) is 1.82. The van der Waals surface area contributed by atoms with E-state index in [1.807, 2.05) is 0 Å². The van der Waals surface area contributed by atoms with Gasteiger partial charge in [-0.25, -0.2) is 0 Å². The van der Waals surface area contributed by atoms with Gasteiger partial charge in [0.1, 0.15) is 0 Å². The third kappa shape index (κ3) is 5.11. The highest BCUT2D eigenvalue weighted by molar-refractivity contribution is 5.91. The van der Waals surface area contributed by atoms with Crippen LogP contribution in [0.5, 0.6) is 0 Å². The molecule has 0 saturated heterocycles. The molecule has 0 heterocycles. The molecule has 3 N–H and O–H groups in total. The number of nitrogen functional groups attached to an aromatic ring is 1. The minimum Gasteiger partial charge on any atom is -0.398 e. The van der Waals surface area contributed by atoms with Gasteiger partial charge in [0.2, 0.25) is 5.91 Å². The van der Waals surface area contributed by atoms with Gasteiger partial charge in [0.15, 0.2) is 0 Å². The Bertz CT molecular complexity index is 458. The van der Waals surface area contributed by atoms with E-state index >= 15 is 0 Å². The number of hydrogen-bond donors (Lipinski definition) is 2. The summed E-state index contributed by atoms with van der Waals surface area (Å²) < 4.78 is 38.0. The van der Waals surface area contributed by atoms with Crippen LogP contribution in [-0.4, -0.2) is 5.91 Å². The zero-order valence-electron chi connectivity index (χ0n) is 11.4. The van der Waals surface area contributed by atoms with Crippen LogP contribution in [0.15, 0.2) is 18.2 Å². The average molecular weight is 288 g/mol. The Morgan fingerprint density at radius 3 is 2.55 bits per heavy atom. The van der Waals surface area contributed by atoms with Gasteiger partial charge in [0.05, 0.1) is 5.56 Å². The zero-order chi connectivity index (χ0) is 15.2. The van der Waals surface area contributed by atoms with Gasteiger partial charge >= 0.3 is 6.18 Å². The number of carbonyl (C=O) groups excluding carboxylic acids is 1. The lowest BCUT2D eigenvalue weighted by molar-refractivity contribution is -0.136. The van der Waals surface area contributed by atoms with E-state index in [1.165, 1.54) is 6.07 Å². The highest BCUT2D eigenvalue weighted by Crippen LogP contribution is 2.35. The third-order valence-electron chi connectivity index (χ3n) is 2.90. The molecular formula is C14H19F3N2O. The summed E-state index contributed by atoms with van der Waals surface area (Å²) in [5.41, 5.74) is 4.13. The van der Waals surface area contributed by atoms with Gasteiger partial charge in [-0.15, -0.1) is 0 Å². The Morgan fingerprint density at radius 2 is 1.95 bits per heavy atom. The zero-order valence-corrected chi connectivity index (χ0v) is 11.4. The molecule has 112 valence electrons. The molecule has 0 bridgehead atoms. The Kier molecular flexibility index (Phi) is 5.85. The van der Waals surface area contributed by atoms with Crippen LogP contribution in [0, 0.1) is 0 Å². The minimum absolute atomic E-state index is 0.118. The van der Waals surface area contributed by atoms with Crippen molar-refractivity contribution in [3.63, 3.8) is 0 Å². The van der Waals surface area contributed by atoms with Crippen molar-refractivity contribution in [3.05, 3.63) is 23.8 Å². The molecule has 0 unspecified atom stereocenters. The lowest BCUT2D eigenvalue weighted by Gasteiger charge is -2.12. The summed E-state index contributed by atoms with van der Waals surface area (Å²) in [7, 11) is 0. The van der Waals surface area contributed by atoms with Crippen molar-refractivity contribution in [2.75, 3.05) is 11.1 Å². The van der Waals surface area contributed by atoms with Gasteiger partial charge in [0, 0.05) is 17.8 Å². The number of nitrogens with two attached hydrogens (primary N) is 1. The maximum absolute atomic E-state index is 12.7. The number of benzene rings is 1. The molecule has 1 aromatic carbocycles. The minimum atomic E-state index is -4.52. The number of alkyl halides is 3. The number of carbonyl (C=O) groups is 1. The first-order chi connectivity index (χ1) is 9.34. The van der Waals surface area contributed by atoms with Crippen LogP contribution in [0.1, 0.15) is 44.6 Å². The quantitative estimate of drug-likeness (QED) is 0.609. The first-order valence-electron chi connectivity index (χ1n) is 6.61. The van der Waals surface area contributed by atoms with E-state index in [1.54, 1.807) is 0 Å². The van der Waals surface area contributed by atoms with E-state index in [2.05, 4.69) is 12.2 Å². The number of nitrogens with one attached hydrogen (secondary N) is 1. The lowest BCUT2D eigenvalue weighted by Crippen LogP contribution is -2.14. The maximum Gasteiger partial charge on any atom is 0.418 e. The van der Waals surface area contributed by atoms with Crippen molar-refractivity contribution in [2.24, 2.45) is 0 Å². The molecule has 0 saturated carbocycles. The topological polar surface area (TPSA) is 55.1 Å². The lowest BCUT2D eigenvalue weighted by atomic mass is 10.1. The number of rotatable bonds is 6. The molecule has 0 spiro atoms. The van der Waals surface area contributed by atoms with Crippen molar-refractivity contribution in [1.82, 2.24) is 0 Å². The summed E-state index contributed by atoms with van der Waals surface area (Å²) in [6.45, 7) is 2.06. The molecule has 3 nitrogen and oxygen atoms in total. The van der Waals surface area contributed by atoms with Crippen LogP contribution >= 0.6 is 0 Å². The number of unbranched alkanes of at least 4 members (excludes halogenated alkanes) is 3. The Balaban J connectivity index is 2.62. The smallest absolute Gasteiger partial charge is 0.398 e. The third-order valence-corrected chi connectivity index (χ3v) is 2.90. The SMILES string of the molecule is CCCCCCC(=O)Nc1ccc(N)c(C(F)(F)F)c1. The van der Waals surface area contributed by atoms with Crippen LogP contribution in [0.3, 0.4) is 0 Å². The van der Waals surface area contributed by atoms with Crippen molar-refractivity contribution in [1.29, 1.82) is 0 Å². The highest BCUT2D eigenvalue weighted by Gasteiger charge is 2.33.